The normalized spacial score (nSPS) is 27.1. The maximum absolute atomic E-state index is 12.1. The van der Waals surface area contributed by atoms with E-state index < -0.39 is 5.60 Å². The molecule has 0 aromatic carbocycles. The van der Waals surface area contributed by atoms with Crippen LogP contribution in [0.3, 0.4) is 0 Å². The molecule has 5 nitrogen and oxygen atoms in total. The van der Waals surface area contributed by atoms with E-state index in [0.29, 0.717) is 31.5 Å². The van der Waals surface area contributed by atoms with Gasteiger partial charge >= 0.3 is 6.09 Å². The van der Waals surface area contributed by atoms with Gasteiger partial charge in [-0.3, -0.25) is 0 Å². The van der Waals surface area contributed by atoms with Crippen molar-refractivity contribution in [1.29, 1.82) is 0 Å². The minimum atomic E-state index is -0.464. The van der Waals surface area contributed by atoms with Crippen molar-refractivity contribution in [3.63, 3.8) is 0 Å². The zero-order valence-electron chi connectivity index (χ0n) is 13.5. The first-order valence-electron chi connectivity index (χ1n) is 7.42. The first-order valence-corrected chi connectivity index (χ1v) is 7.42. The van der Waals surface area contributed by atoms with E-state index in [1.54, 1.807) is 4.90 Å². The van der Waals surface area contributed by atoms with Crippen LogP contribution in [0.5, 0.6) is 0 Å². The summed E-state index contributed by atoms with van der Waals surface area (Å²) in [6, 6.07) is 0. The maximum Gasteiger partial charge on any atom is 0.410 e. The van der Waals surface area contributed by atoms with Gasteiger partial charge in [-0.1, -0.05) is 13.8 Å². The van der Waals surface area contributed by atoms with E-state index >= 15 is 0 Å². The molecule has 0 radical (unpaired) electrons. The highest BCUT2D eigenvalue weighted by atomic mass is 16.6. The highest BCUT2D eigenvalue weighted by molar-refractivity contribution is 5.68. The highest BCUT2D eigenvalue weighted by Crippen LogP contribution is 2.38. The number of hydrogen-bond donors (Lipinski definition) is 2. The van der Waals surface area contributed by atoms with Crippen molar-refractivity contribution in [2.75, 3.05) is 26.2 Å². The number of carbonyl (C=O) groups excluding carboxylic acids is 1. The van der Waals surface area contributed by atoms with Crippen molar-refractivity contribution in [2.24, 2.45) is 23.0 Å². The van der Waals surface area contributed by atoms with Gasteiger partial charge in [0.2, 0.25) is 0 Å². The SMILES string of the molecule is CC1CN(C(=O)OC(C)(C)C)CCC1C(C)(CN)CO. The Balaban J connectivity index is 2.66. The maximum atomic E-state index is 12.1. The fourth-order valence-corrected chi connectivity index (χ4v) is 3.01. The molecule has 3 N–H and O–H groups in total. The lowest BCUT2D eigenvalue weighted by Gasteiger charge is -2.45. The van der Waals surface area contributed by atoms with Crippen LogP contribution in [0.15, 0.2) is 0 Å². The number of carbonyl (C=O) groups is 1. The molecule has 1 fully saturated rings. The summed E-state index contributed by atoms with van der Waals surface area (Å²) in [5.74, 6) is 0.633. The van der Waals surface area contributed by atoms with Gasteiger partial charge in [0.05, 0.1) is 0 Å². The molecule has 1 aliphatic heterocycles. The van der Waals surface area contributed by atoms with Gasteiger partial charge in [-0.25, -0.2) is 4.79 Å². The number of aliphatic hydroxyl groups excluding tert-OH is 1. The molecule has 3 unspecified atom stereocenters. The Morgan fingerprint density at radius 3 is 2.40 bits per heavy atom. The van der Waals surface area contributed by atoms with E-state index in [2.05, 4.69) is 6.92 Å². The smallest absolute Gasteiger partial charge is 0.410 e. The average molecular weight is 286 g/mol. The van der Waals surface area contributed by atoms with Gasteiger partial charge in [-0.2, -0.15) is 0 Å². The minimum Gasteiger partial charge on any atom is -0.444 e. The minimum absolute atomic E-state index is 0.0882. The summed E-state index contributed by atoms with van der Waals surface area (Å²) in [6.45, 7) is 11.6. The first-order chi connectivity index (χ1) is 9.13. The van der Waals surface area contributed by atoms with E-state index in [1.165, 1.54) is 0 Å². The Morgan fingerprint density at radius 1 is 1.40 bits per heavy atom. The van der Waals surface area contributed by atoms with Crippen LogP contribution in [-0.4, -0.2) is 47.9 Å². The summed E-state index contributed by atoms with van der Waals surface area (Å²) < 4.78 is 5.41. The standard InChI is InChI=1S/C15H30N2O3/c1-11-8-17(13(19)20-14(2,3)4)7-6-12(11)15(5,9-16)10-18/h11-12,18H,6-10,16H2,1-5H3. The lowest BCUT2D eigenvalue weighted by Crippen LogP contribution is -2.51. The van der Waals surface area contributed by atoms with E-state index in [9.17, 15) is 9.90 Å². The van der Waals surface area contributed by atoms with Crippen molar-refractivity contribution < 1.29 is 14.6 Å². The molecule has 20 heavy (non-hydrogen) atoms. The molecule has 0 aliphatic carbocycles. The third kappa shape index (κ3) is 4.09. The Morgan fingerprint density at radius 2 is 2.00 bits per heavy atom. The molecule has 1 rings (SSSR count). The zero-order valence-corrected chi connectivity index (χ0v) is 13.5. The van der Waals surface area contributed by atoms with Crippen LogP contribution in [0.1, 0.15) is 41.0 Å². The highest BCUT2D eigenvalue weighted by Gasteiger charge is 2.40. The summed E-state index contributed by atoms with van der Waals surface area (Å²) in [5.41, 5.74) is 5.09. The second kappa shape index (κ2) is 6.31. The topological polar surface area (TPSA) is 75.8 Å². The van der Waals surface area contributed by atoms with Crippen molar-refractivity contribution >= 4 is 6.09 Å². The molecule has 0 spiro atoms. The monoisotopic (exact) mass is 286 g/mol. The molecule has 5 heteroatoms. The van der Waals surface area contributed by atoms with Gasteiger partial charge in [0.15, 0.2) is 0 Å². The lowest BCUT2D eigenvalue weighted by atomic mass is 9.68. The number of likely N-dealkylation sites (tertiary alicyclic amines) is 1. The van der Waals surface area contributed by atoms with Crippen LogP contribution in [-0.2, 0) is 4.74 Å². The largest absolute Gasteiger partial charge is 0.444 e. The van der Waals surface area contributed by atoms with Gasteiger partial charge in [0, 0.05) is 31.7 Å². The summed E-state index contributed by atoms with van der Waals surface area (Å²) in [7, 11) is 0. The number of aliphatic hydroxyl groups is 1. The van der Waals surface area contributed by atoms with E-state index in [4.69, 9.17) is 10.5 Å². The molecule has 0 saturated carbocycles. The van der Waals surface area contributed by atoms with Crippen LogP contribution < -0.4 is 5.73 Å². The van der Waals surface area contributed by atoms with Crippen molar-refractivity contribution in [1.82, 2.24) is 4.90 Å². The van der Waals surface area contributed by atoms with Crippen molar-refractivity contribution in [2.45, 2.75) is 46.6 Å². The molecule has 0 bridgehead atoms. The molecule has 0 aromatic heterocycles. The summed E-state index contributed by atoms with van der Waals surface area (Å²) in [5, 5.41) is 9.60. The molecular weight excluding hydrogens is 256 g/mol. The first kappa shape index (κ1) is 17.2. The zero-order chi connectivity index (χ0) is 15.6. The number of amides is 1. The van der Waals surface area contributed by atoms with Crippen LogP contribution in [0.2, 0.25) is 0 Å². The van der Waals surface area contributed by atoms with Crippen molar-refractivity contribution in [3.05, 3.63) is 0 Å². The van der Waals surface area contributed by atoms with Crippen LogP contribution in [0, 0.1) is 17.3 Å². The molecule has 1 saturated heterocycles. The van der Waals surface area contributed by atoms with Crippen molar-refractivity contribution in [3.8, 4) is 0 Å². The number of ether oxygens (including phenoxy) is 1. The van der Waals surface area contributed by atoms with Crippen LogP contribution in [0.25, 0.3) is 0 Å². The number of nitrogens with two attached hydrogens (primary N) is 1. The Hall–Kier alpha value is -0.810. The third-order valence-electron chi connectivity index (χ3n) is 4.28. The van der Waals surface area contributed by atoms with Gasteiger partial charge in [-0.15, -0.1) is 0 Å². The molecule has 1 amide bonds. The Bertz CT molecular complexity index is 335. The number of piperidine rings is 1. The van der Waals surface area contributed by atoms with Crippen LogP contribution in [0.4, 0.5) is 4.79 Å². The van der Waals surface area contributed by atoms with Gasteiger partial charge in [0.1, 0.15) is 5.60 Å². The Labute approximate surface area is 122 Å². The number of hydrogen-bond acceptors (Lipinski definition) is 4. The third-order valence-corrected chi connectivity index (χ3v) is 4.28. The fourth-order valence-electron chi connectivity index (χ4n) is 3.01. The van der Waals surface area contributed by atoms with Gasteiger partial charge in [-0.05, 0) is 39.0 Å². The molecule has 1 heterocycles. The average Bonchev–Trinajstić information content (AvgIpc) is 2.35. The predicted molar refractivity (Wildman–Crippen MR) is 79.3 cm³/mol. The molecule has 118 valence electrons. The number of rotatable bonds is 3. The molecular formula is C15H30N2O3. The Kier molecular flexibility index (Phi) is 5.44. The molecule has 0 aromatic rings. The van der Waals surface area contributed by atoms with Crippen LogP contribution >= 0.6 is 0 Å². The summed E-state index contributed by atoms with van der Waals surface area (Å²) in [6.07, 6.45) is 0.607. The summed E-state index contributed by atoms with van der Waals surface area (Å²) >= 11 is 0. The van der Waals surface area contributed by atoms with E-state index in [-0.39, 0.29) is 18.1 Å². The molecule has 1 aliphatic rings. The van der Waals surface area contributed by atoms with E-state index in [1.807, 2.05) is 27.7 Å². The second-order valence-electron chi connectivity index (χ2n) is 7.32. The fraction of sp³-hybridized carbons (Fsp3) is 0.933. The van der Waals surface area contributed by atoms with E-state index in [0.717, 1.165) is 6.42 Å². The van der Waals surface area contributed by atoms with Gasteiger partial charge in [0.25, 0.3) is 0 Å². The predicted octanol–water partition coefficient (Wildman–Crippen LogP) is 1.84. The van der Waals surface area contributed by atoms with Gasteiger partial charge < -0.3 is 20.5 Å². The quantitative estimate of drug-likeness (QED) is 0.830. The second-order valence-corrected chi connectivity index (χ2v) is 7.32. The number of nitrogens with zero attached hydrogens (tertiary/aromatic N) is 1. The summed E-state index contributed by atoms with van der Waals surface area (Å²) in [4.78, 5) is 13.8. The molecule has 3 atom stereocenters. The lowest BCUT2D eigenvalue weighted by molar-refractivity contribution is -0.0150.